The topological polar surface area (TPSA) is 65.1 Å². The summed E-state index contributed by atoms with van der Waals surface area (Å²) in [7, 11) is 0. The predicted octanol–water partition coefficient (Wildman–Crippen LogP) is 0.157. The molecule has 0 aliphatic heterocycles. The molecule has 0 saturated carbocycles. The first-order valence-corrected chi connectivity index (χ1v) is 4.07. The van der Waals surface area contributed by atoms with Crippen molar-refractivity contribution in [3.8, 4) is 0 Å². The van der Waals surface area contributed by atoms with Gasteiger partial charge in [0.2, 0.25) is 0 Å². The van der Waals surface area contributed by atoms with Crippen molar-refractivity contribution in [1.82, 2.24) is 4.57 Å². The lowest BCUT2D eigenvalue weighted by atomic mass is 10.2. The average Bonchev–Trinajstić information content (AvgIpc) is 2.08. The number of carbonyl (C=O) groups is 1. The van der Waals surface area contributed by atoms with Crippen molar-refractivity contribution in [3.05, 3.63) is 34.2 Å². The number of nitrogens with zero attached hydrogens (tertiary/aromatic N) is 1. The number of rotatable bonds is 3. The lowest BCUT2D eigenvalue weighted by molar-refractivity contribution is 0.0998. The van der Waals surface area contributed by atoms with Crippen LogP contribution in [-0.4, -0.2) is 10.5 Å². The fourth-order valence-electron chi connectivity index (χ4n) is 1.08. The Hall–Kier alpha value is -1.58. The van der Waals surface area contributed by atoms with Crippen molar-refractivity contribution >= 4 is 5.91 Å². The Balaban J connectivity index is 3.19. The standard InChI is InChI=1S/C9H11N2O2/c1-2-5-11-6-3-4-7(8(10)12)9(11)13/h3,6H,2,5H2,1H3,(H2,10,12). The van der Waals surface area contributed by atoms with E-state index < -0.39 is 5.91 Å². The highest BCUT2D eigenvalue weighted by molar-refractivity contribution is 5.91. The smallest absolute Gasteiger partial charge is 0.264 e. The number of primary amides is 1. The van der Waals surface area contributed by atoms with Crippen molar-refractivity contribution in [2.24, 2.45) is 5.73 Å². The molecule has 0 aromatic carbocycles. The van der Waals surface area contributed by atoms with E-state index in [2.05, 4.69) is 6.07 Å². The van der Waals surface area contributed by atoms with Gasteiger partial charge in [-0.15, -0.1) is 0 Å². The van der Waals surface area contributed by atoms with Gasteiger partial charge in [0.25, 0.3) is 11.5 Å². The summed E-state index contributed by atoms with van der Waals surface area (Å²) < 4.78 is 1.45. The van der Waals surface area contributed by atoms with Gasteiger partial charge >= 0.3 is 0 Å². The molecule has 2 N–H and O–H groups in total. The largest absolute Gasteiger partial charge is 0.365 e. The zero-order chi connectivity index (χ0) is 9.84. The molecule has 0 saturated heterocycles. The van der Waals surface area contributed by atoms with E-state index in [4.69, 9.17) is 5.73 Å². The maximum atomic E-state index is 11.4. The van der Waals surface area contributed by atoms with Crippen LogP contribution in [0.15, 0.2) is 17.1 Å². The van der Waals surface area contributed by atoms with E-state index in [1.807, 2.05) is 6.92 Å². The molecule has 1 heterocycles. The normalized spacial score (nSPS) is 9.92. The zero-order valence-electron chi connectivity index (χ0n) is 7.41. The monoisotopic (exact) mass is 179 g/mol. The van der Waals surface area contributed by atoms with Crippen LogP contribution in [0, 0.1) is 6.07 Å². The summed E-state index contributed by atoms with van der Waals surface area (Å²) in [5, 5.41) is 0. The molecule has 0 aliphatic rings. The summed E-state index contributed by atoms with van der Waals surface area (Å²) >= 11 is 0. The highest BCUT2D eigenvalue weighted by Crippen LogP contribution is 1.91. The Morgan fingerprint density at radius 3 is 2.92 bits per heavy atom. The molecule has 0 spiro atoms. The molecule has 13 heavy (non-hydrogen) atoms. The summed E-state index contributed by atoms with van der Waals surface area (Å²) in [6.07, 6.45) is 2.43. The van der Waals surface area contributed by atoms with Gasteiger partial charge in [0.1, 0.15) is 5.56 Å². The molecular weight excluding hydrogens is 168 g/mol. The van der Waals surface area contributed by atoms with E-state index in [1.54, 1.807) is 6.20 Å². The van der Waals surface area contributed by atoms with Crippen LogP contribution < -0.4 is 11.3 Å². The van der Waals surface area contributed by atoms with Crippen LogP contribution in [0.4, 0.5) is 0 Å². The molecule has 0 atom stereocenters. The van der Waals surface area contributed by atoms with Gasteiger partial charge in [-0.25, -0.2) is 0 Å². The Morgan fingerprint density at radius 2 is 2.38 bits per heavy atom. The zero-order valence-corrected chi connectivity index (χ0v) is 7.41. The van der Waals surface area contributed by atoms with Gasteiger partial charge in [-0.2, -0.15) is 0 Å². The third-order valence-electron chi connectivity index (χ3n) is 1.67. The molecule has 1 rings (SSSR count). The first-order valence-electron chi connectivity index (χ1n) is 4.07. The molecule has 0 aliphatic carbocycles. The Kier molecular flexibility index (Phi) is 2.84. The van der Waals surface area contributed by atoms with Crippen molar-refractivity contribution in [3.63, 3.8) is 0 Å². The van der Waals surface area contributed by atoms with Gasteiger partial charge < -0.3 is 10.3 Å². The number of hydrogen-bond donors (Lipinski definition) is 1. The second-order valence-electron chi connectivity index (χ2n) is 2.70. The van der Waals surface area contributed by atoms with Crippen LogP contribution in [0.25, 0.3) is 0 Å². The summed E-state index contributed by atoms with van der Waals surface area (Å²) in [5.41, 5.74) is 4.56. The molecule has 0 bridgehead atoms. The van der Waals surface area contributed by atoms with Crippen molar-refractivity contribution < 1.29 is 4.79 Å². The fourth-order valence-corrected chi connectivity index (χ4v) is 1.08. The number of aromatic nitrogens is 1. The van der Waals surface area contributed by atoms with Gasteiger partial charge in [-0.1, -0.05) is 6.92 Å². The SMILES string of the molecule is CCCn1cc[c]c(C(N)=O)c1=O. The Morgan fingerprint density at radius 1 is 1.69 bits per heavy atom. The summed E-state index contributed by atoms with van der Waals surface area (Å²) in [6.45, 7) is 2.54. The molecule has 4 nitrogen and oxygen atoms in total. The van der Waals surface area contributed by atoms with E-state index in [0.29, 0.717) is 6.54 Å². The molecule has 0 fully saturated rings. The first-order chi connectivity index (χ1) is 6.16. The van der Waals surface area contributed by atoms with Gasteiger partial charge in [0, 0.05) is 18.8 Å². The first kappa shape index (κ1) is 9.51. The maximum Gasteiger partial charge on any atom is 0.264 e. The second-order valence-corrected chi connectivity index (χ2v) is 2.70. The van der Waals surface area contributed by atoms with Crippen molar-refractivity contribution in [2.45, 2.75) is 19.9 Å². The van der Waals surface area contributed by atoms with E-state index in [0.717, 1.165) is 6.42 Å². The lowest BCUT2D eigenvalue weighted by Gasteiger charge is -2.03. The Labute approximate surface area is 76.0 Å². The number of nitrogens with two attached hydrogens (primary N) is 1. The van der Waals surface area contributed by atoms with Crippen LogP contribution in [0.1, 0.15) is 23.7 Å². The molecule has 1 aromatic rings. The van der Waals surface area contributed by atoms with Gasteiger partial charge in [-0.05, 0) is 12.5 Å². The van der Waals surface area contributed by atoms with Crippen molar-refractivity contribution in [1.29, 1.82) is 0 Å². The third kappa shape index (κ3) is 1.96. The van der Waals surface area contributed by atoms with Crippen molar-refractivity contribution in [2.75, 3.05) is 0 Å². The van der Waals surface area contributed by atoms with Gasteiger partial charge in [-0.3, -0.25) is 9.59 Å². The molecular formula is C9H11N2O2. The number of pyridine rings is 1. The average molecular weight is 179 g/mol. The lowest BCUT2D eigenvalue weighted by Crippen LogP contribution is -2.29. The van der Waals surface area contributed by atoms with Crippen LogP contribution in [0.3, 0.4) is 0 Å². The summed E-state index contributed by atoms with van der Waals surface area (Å²) in [4.78, 5) is 22.2. The molecule has 1 radical (unpaired) electrons. The minimum atomic E-state index is -0.726. The quantitative estimate of drug-likeness (QED) is 0.718. The number of aryl methyl sites for hydroxylation is 1. The number of carbonyl (C=O) groups excluding carboxylic acids is 1. The molecule has 1 aromatic heterocycles. The molecule has 0 unspecified atom stereocenters. The highest BCUT2D eigenvalue weighted by atomic mass is 16.2. The van der Waals surface area contributed by atoms with Crippen LogP contribution in [0.5, 0.6) is 0 Å². The maximum absolute atomic E-state index is 11.4. The minimum Gasteiger partial charge on any atom is -0.365 e. The van der Waals surface area contributed by atoms with Crippen LogP contribution in [-0.2, 0) is 6.54 Å². The summed E-state index contributed by atoms with van der Waals surface area (Å²) in [5.74, 6) is -0.726. The number of amides is 1. The molecule has 69 valence electrons. The van der Waals surface area contributed by atoms with E-state index in [9.17, 15) is 9.59 Å². The van der Waals surface area contributed by atoms with Crippen LogP contribution in [0.2, 0.25) is 0 Å². The van der Waals surface area contributed by atoms with E-state index in [-0.39, 0.29) is 11.1 Å². The predicted molar refractivity (Wildman–Crippen MR) is 48.3 cm³/mol. The molecule has 4 heteroatoms. The summed E-state index contributed by atoms with van der Waals surface area (Å²) in [6, 6.07) is 4.05. The van der Waals surface area contributed by atoms with Gasteiger partial charge in [0.15, 0.2) is 0 Å². The molecule has 1 amide bonds. The number of hydrogen-bond acceptors (Lipinski definition) is 2. The van der Waals surface area contributed by atoms with Crippen LogP contribution >= 0.6 is 0 Å². The highest BCUT2D eigenvalue weighted by Gasteiger charge is 2.07. The second kappa shape index (κ2) is 3.89. The van der Waals surface area contributed by atoms with E-state index in [1.165, 1.54) is 10.6 Å². The fraction of sp³-hybridized carbons (Fsp3) is 0.333. The minimum absolute atomic E-state index is 0.0732. The van der Waals surface area contributed by atoms with E-state index >= 15 is 0 Å². The third-order valence-corrected chi connectivity index (χ3v) is 1.67. The van der Waals surface area contributed by atoms with Gasteiger partial charge in [0.05, 0.1) is 0 Å². The Bertz CT molecular complexity index is 368.